The van der Waals surface area contributed by atoms with Gasteiger partial charge in [0.1, 0.15) is 5.82 Å². The summed E-state index contributed by atoms with van der Waals surface area (Å²) in [5.41, 5.74) is 9.13. The average Bonchev–Trinajstić information content (AvgIpc) is 2.52. The molecule has 1 aromatic heterocycles. The monoisotopic (exact) mass is 253 g/mol. The summed E-state index contributed by atoms with van der Waals surface area (Å²) in [5, 5.41) is 4.43. The fraction of sp³-hybridized carbons (Fsp3) is 0.250. The number of halogens is 2. The van der Waals surface area contributed by atoms with Crippen LogP contribution in [0.2, 0.25) is 5.02 Å². The number of nitrogen functional groups attached to an aromatic ring is 1. The second kappa shape index (κ2) is 4.37. The summed E-state index contributed by atoms with van der Waals surface area (Å²) in [5.74, 6) is -0.414. The van der Waals surface area contributed by atoms with Gasteiger partial charge in [0, 0.05) is 0 Å². The first-order valence-electron chi connectivity index (χ1n) is 5.22. The molecule has 2 rings (SSSR count). The minimum Gasteiger partial charge on any atom is -0.396 e. The van der Waals surface area contributed by atoms with Gasteiger partial charge in [0.2, 0.25) is 0 Å². The van der Waals surface area contributed by atoms with Crippen molar-refractivity contribution in [2.75, 3.05) is 5.73 Å². The molecule has 2 aromatic rings. The quantitative estimate of drug-likeness (QED) is 0.894. The van der Waals surface area contributed by atoms with Crippen LogP contribution in [0.25, 0.3) is 0 Å². The minimum absolute atomic E-state index is 0.122. The highest BCUT2D eigenvalue weighted by molar-refractivity contribution is 6.30. The SMILES string of the molecule is Cc1nn(Cc2ccc(F)c(Cl)c2)c(C)c1N. The fourth-order valence-electron chi connectivity index (χ4n) is 1.68. The zero-order valence-corrected chi connectivity index (χ0v) is 10.4. The number of aryl methyl sites for hydroxylation is 1. The van der Waals surface area contributed by atoms with Crippen LogP contribution in [0, 0.1) is 19.7 Å². The van der Waals surface area contributed by atoms with E-state index in [-0.39, 0.29) is 5.02 Å². The van der Waals surface area contributed by atoms with Crippen LogP contribution >= 0.6 is 11.6 Å². The van der Waals surface area contributed by atoms with Crippen LogP contribution < -0.4 is 5.73 Å². The van der Waals surface area contributed by atoms with E-state index in [0.29, 0.717) is 12.2 Å². The van der Waals surface area contributed by atoms with E-state index in [2.05, 4.69) is 5.10 Å². The fourth-order valence-corrected chi connectivity index (χ4v) is 1.88. The lowest BCUT2D eigenvalue weighted by atomic mass is 10.2. The Morgan fingerprint density at radius 1 is 1.41 bits per heavy atom. The summed E-state index contributed by atoms with van der Waals surface area (Å²) < 4.78 is 14.8. The Balaban J connectivity index is 2.31. The molecule has 3 nitrogen and oxygen atoms in total. The van der Waals surface area contributed by atoms with Crippen LogP contribution in [0.15, 0.2) is 18.2 Å². The van der Waals surface area contributed by atoms with Crippen LogP contribution in [-0.2, 0) is 6.54 Å². The number of hydrogen-bond donors (Lipinski definition) is 1. The molecule has 0 radical (unpaired) electrons. The Labute approximate surface area is 104 Å². The Morgan fingerprint density at radius 3 is 2.65 bits per heavy atom. The molecule has 2 N–H and O–H groups in total. The highest BCUT2D eigenvalue weighted by Crippen LogP contribution is 2.19. The maximum absolute atomic E-state index is 13.0. The number of nitrogens with zero attached hydrogens (tertiary/aromatic N) is 2. The van der Waals surface area contributed by atoms with Gasteiger partial charge in [-0.15, -0.1) is 0 Å². The van der Waals surface area contributed by atoms with E-state index in [0.717, 1.165) is 17.0 Å². The molecule has 0 saturated carbocycles. The third-order valence-electron chi connectivity index (χ3n) is 2.75. The van der Waals surface area contributed by atoms with Crippen LogP contribution in [0.5, 0.6) is 0 Å². The predicted octanol–water partition coefficient (Wildman–Crippen LogP) is 2.92. The minimum atomic E-state index is -0.414. The van der Waals surface area contributed by atoms with Crippen molar-refractivity contribution in [1.82, 2.24) is 9.78 Å². The Kier molecular flexibility index (Phi) is 3.07. The molecule has 0 atom stereocenters. The molecule has 17 heavy (non-hydrogen) atoms. The molecule has 5 heteroatoms. The first kappa shape index (κ1) is 11.9. The zero-order chi connectivity index (χ0) is 12.6. The maximum atomic E-state index is 13.0. The van der Waals surface area contributed by atoms with Crippen molar-refractivity contribution < 1.29 is 4.39 Å². The number of aromatic nitrogens is 2. The number of rotatable bonds is 2. The first-order chi connectivity index (χ1) is 7.99. The van der Waals surface area contributed by atoms with Gasteiger partial charge in [0.15, 0.2) is 0 Å². The molecular formula is C12H13ClFN3. The lowest BCUT2D eigenvalue weighted by Crippen LogP contribution is -2.04. The molecule has 0 aliphatic heterocycles. The molecule has 0 aliphatic rings. The van der Waals surface area contributed by atoms with Crippen LogP contribution in [0.4, 0.5) is 10.1 Å². The van der Waals surface area contributed by atoms with Crippen molar-refractivity contribution in [3.05, 3.63) is 46.0 Å². The second-order valence-corrected chi connectivity index (χ2v) is 4.40. The summed E-state index contributed by atoms with van der Waals surface area (Å²) in [6.45, 7) is 4.29. The van der Waals surface area contributed by atoms with E-state index >= 15 is 0 Å². The molecule has 0 fully saturated rings. The highest BCUT2D eigenvalue weighted by atomic mass is 35.5. The number of anilines is 1. The first-order valence-corrected chi connectivity index (χ1v) is 5.60. The van der Waals surface area contributed by atoms with E-state index in [1.54, 1.807) is 16.8 Å². The van der Waals surface area contributed by atoms with Crippen molar-refractivity contribution in [2.24, 2.45) is 0 Å². The highest BCUT2D eigenvalue weighted by Gasteiger charge is 2.09. The van der Waals surface area contributed by atoms with Gasteiger partial charge in [-0.25, -0.2) is 4.39 Å². The second-order valence-electron chi connectivity index (χ2n) is 3.99. The smallest absolute Gasteiger partial charge is 0.141 e. The van der Waals surface area contributed by atoms with Gasteiger partial charge in [-0.2, -0.15) is 5.10 Å². The van der Waals surface area contributed by atoms with Crippen molar-refractivity contribution in [1.29, 1.82) is 0 Å². The number of nitrogens with two attached hydrogens (primary N) is 1. The number of benzene rings is 1. The van der Waals surface area contributed by atoms with Crippen molar-refractivity contribution >= 4 is 17.3 Å². The van der Waals surface area contributed by atoms with Crippen molar-refractivity contribution in [3.8, 4) is 0 Å². The third kappa shape index (κ3) is 2.26. The van der Waals surface area contributed by atoms with Crippen LogP contribution in [-0.4, -0.2) is 9.78 Å². The average molecular weight is 254 g/mol. The van der Waals surface area contributed by atoms with E-state index in [1.807, 2.05) is 13.8 Å². The molecule has 90 valence electrons. The zero-order valence-electron chi connectivity index (χ0n) is 9.67. The summed E-state index contributed by atoms with van der Waals surface area (Å²) in [6, 6.07) is 4.64. The van der Waals surface area contributed by atoms with Gasteiger partial charge in [-0.05, 0) is 31.5 Å². The lowest BCUT2D eigenvalue weighted by molar-refractivity contribution is 0.623. The van der Waals surface area contributed by atoms with Crippen molar-refractivity contribution in [3.63, 3.8) is 0 Å². The van der Waals surface area contributed by atoms with Crippen LogP contribution in [0.3, 0.4) is 0 Å². The largest absolute Gasteiger partial charge is 0.396 e. The van der Waals surface area contributed by atoms with Gasteiger partial charge in [-0.1, -0.05) is 17.7 Å². The number of hydrogen-bond acceptors (Lipinski definition) is 2. The molecule has 0 unspecified atom stereocenters. The summed E-state index contributed by atoms with van der Waals surface area (Å²) in [6.07, 6.45) is 0. The van der Waals surface area contributed by atoms with Crippen molar-refractivity contribution in [2.45, 2.75) is 20.4 Å². The van der Waals surface area contributed by atoms with Gasteiger partial charge >= 0.3 is 0 Å². The standard InChI is InChI=1S/C12H13ClFN3/c1-7-12(15)8(2)17(16-7)6-9-3-4-11(14)10(13)5-9/h3-5H,6,15H2,1-2H3. The topological polar surface area (TPSA) is 43.8 Å². The Hall–Kier alpha value is -1.55. The van der Waals surface area contributed by atoms with Gasteiger partial charge in [0.25, 0.3) is 0 Å². The third-order valence-corrected chi connectivity index (χ3v) is 3.04. The molecular weight excluding hydrogens is 241 g/mol. The van der Waals surface area contributed by atoms with E-state index in [4.69, 9.17) is 17.3 Å². The van der Waals surface area contributed by atoms with E-state index in [1.165, 1.54) is 6.07 Å². The summed E-state index contributed by atoms with van der Waals surface area (Å²) >= 11 is 5.73. The normalized spacial score (nSPS) is 10.8. The molecule has 0 saturated heterocycles. The van der Waals surface area contributed by atoms with Gasteiger partial charge < -0.3 is 5.73 Å². The van der Waals surface area contributed by atoms with Gasteiger partial charge in [0.05, 0.1) is 28.6 Å². The molecule has 0 spiro atoms. The lowest BCUT2D eigenvalue weighted by Gasteiger charge is -2.05. The Morgan fingerprint density at radius 2 is 2.12 bits per heavy atom. The van der Waals surface area contributed by atoms with Crippen LogP contribution in [0.1, 0.15) is 17.0 Å². The maximum Gasteiger partial charge on any atom is 0.141 e. The molecule has 0 bridgehead atoms. The molecule has 0 aliphatic carbocycles. The Bertz CT molecular complexity index is 563. The molecule has 1 aromatic carbocycles. The van der Waals surface area contributed by atoms with E-state index in [9.17, 15) is 4.39 Å². The van der Waals surface area contributed by atoms with E-state index < -0.39 is 5.82 Å². The van der Waals surface area contributed by atoms with Gasteiger partial charge in [-0.3, -0.25) is 4.68 Å². The molecule has 0 amide bonds. The summed E-state index contributed by atoms with van der Waals surface area (Å²) in [7, 11) is 0. The predicted molar refractivity (Wildman–Crippen MR) is 66.6 cm³/mol. The summed E-state index contributed by atoms with van der Waals surface area (Å²) in [4.78, 5) is 0. The molecule has 1 heterocycles.